The molecule has 0 aliphatic heterocycles. The molecular formula is C10H26O2Si2. The number of hydrogen-bond acceptors (Lipinski definition) is 2. The van der Waals surface area contributed by atoms with Gasteiger partial charge in [-0.3, -0.25) is 0 Å². The van der Waals surface area contributed by atoms with Crippen LogP contribution in [0.25, 0.3) is 0 Å². The van der Waals surface area contributed by atoms with E-state index >= 15 is 0 Å². The van der Waals surface area contributed by atoms with Crippen molar-refractivity contribution >= 4 is 19.5 Å². The third-order valence-corrected chi connectivity index (χ3v) is 3.99. The van der Waals surface area contributed by atoms with Crippen molar-refractivity contribution in [2.24, 2.45) is 5.41 Å². The van der Waals surface area contributed by atoms with Crippen LogP contribution < -0.4 is 0 Å². The van der Waals surface area contributed by atoms with Gasteiger partial charge >= 0.3 is 0 Å². The highest BCUT2D eigenvalue weighted by molar-refractivity contribution is 6.26. The van der Waals surface area contributed by atoms with Crippen molar-refractivity contribution in [2.45, 2.75) is 59.4 Å². The van der Waals surface area contributed by atoms with Crippen LogP contribution in [0.5, 0.6) is 0 Å². The summed E-state index contributed by atoms with van der Waals surface area (Å²) in [6, 6.07) is 0. The molecule has 0 N–H and O–H groups in total. The molecule has 0 saturated carbocycles. The van der Waals surface area contributed by atoms with E-state index in [-0.39, 0.29) is 11.2 Å². The summed E-state index contributed by atoms with van der Waals surface area (Å²) in [4.78, 5) is 0. The zero-order valence-corrected chi connectivity index (χ0v) is 13.5. The maximum Gasteiger partial charge on any atom is 0.162 e. The van der Waals surface area contributed by atoms with Gasteiger partial charge in [0, 0.05) is 5.41 Å². The maximum absolute atomic E-state index is 6.03. The van der Waals surface area contributed by atoms with Gasteiger partial charge in [0.05, 0.1) is 0 Å². The molecule has 0 unspecified atom stereocenters. The fourth-order valence-electron chi connectivity index (χ4n) is 1.79. The van der Waals surface area contributed by atoms with Crippen molar-refractivity contribution in [3.63, 3.8) is 0 Å². The number of rotatable bonds is 6. The lowest BCUT2D eigenvalue weighted by Gasteiger charge is -2.45. The minimum Gasteiger partial charge on any atom is -0.398 e. The molecule has 14 heavy (non-hydrogen) atoms. The molecule has 0 atom stereocenters. The highest BCUT2D eigenvalue weighted by Crippen LogP contribution is 2.38. The molecule has 0 aliphatic rings. The molecular weight excluding hydrogens is 208 g/mol. The summed E-state index contributed by atoms with van der Waals surface area (Å²) in [6.45, 7) is 13.2. The second kappa shape index (κ2) is 6.05. The minimum atomic E-state index is -0.413. The molecule has 86 valence electrons. The van der Waals surface area contributed by atoms with Gasteiger partial charge in [0.1, 0.15) is 0 Å². The lowest BCUT2D eigenvalue weighted by molar-refractivity contribution is -0.191. The van der Waals surface area contributed by atoms with Crippen molar-refractivity contribution in [1.82, 2.24) is 0 Å². The van der Waals surface area contributed by atoms with Crippen LogP contribution in [0.4, 0.5) is 0 Å². The zero-order chi connectivity index (χ0) is 11.2. The first-order valence-electron chi connectivity index (χ1n) is 5.71. The van der Waals surface area contributed by atoms with Gasteiger partial charge in [-0.05, 0) is 6.42 Å². The Morgan fingerprint density at radius 2 is 1.43 bits per heavy atom. The summed E-state index contributed by atoms with van der Waals surface area (Å²) >= 11 is 0. The SMILES string of the molecule is CCCC(O[SiH2]C)(O[SiH2]C)C(C)(C)C. The third-order valence-electron chi connectivity index (χ3n) is 2.48. The van der Waals surface area contributed by atoms with E-state index in [0.717, 1.165) is 12.8 Å². The van der Waals surface area contributed by atoms with Crippen LogP contribution in [0.1, 0.15) is 40.5 Å². The van der Waals surface area contributed by atoms with Gasteiger partial charge in [0.25, 0.3) is 0 Å². The summed E-state index contributed by atoms with van der Waals surface area (Å²) in [5, 5.41) is 0. The molecule has 0 aromatic heterocycles. The molecule has 2 nitrogen and oxygen atoms in total. The van der Waals surface area contributed by atoms with Gasteiger partial charge < -0.3 is 8.85 Å². The Bertz CT molecular complexity index is 138. The summed E-state index contributed by atoms with van der Waals surface area (Å²) in [7, 11) is -0.827. The lowest BCUT2D eigenvalue weighted by Crippen LogP contribution is -2.49. The molecule has 0 fully saturated rings. The van der Waals surface area contributed by atoms with Crippen LogP contribution in [0.2, 0.25) is 13.1 Å². The molecule has 0 radical (unpaired) electrons. The highest BCUT2D eigenvalue weighted by atomic mass is 28.2. The molecule has 0 amide bonds. The van der Waals surface area contributed by atoms with Crippen LogP contribution in [0.3, 0.4) is 0 Å². The molecule has 4 heteroatoms. The predicted molar refractivity (Wildman–Crippen MR) is 68.1 cm³/mol. The van der Waals surface area contributed by atoms with Gasteiger partial charge in [0.15, 0.2) is 25.3 Å². The average Bonchev–Trinajstić information content (AvgIpc) is 2.03. The van der Waals surface area contributed by atoms with E-state index in [0.29, 0.717) is 0 Å². The number of hydrogen-bond donors (Lipinski definition) is 0. The normalized spacial score (nSPS) is 18.4. The lowest BCUT2D eigenvalue weighted by atomic mass is 9.83. The molecule has 0 bridgehead atoms. The van der Waals surface area contributed by atoms with Crippen LogP contribution in [0.15, 0.2) is 0 Å². The van der Waals surface area contributed by atoms with Crippen LogP contribution in [-0.4, -0.2) is 25.3 Å². The topological polar surface area (TPSA) is 18.5 Å². The summed E-state index contributed by atoms with van der Waals surface area (Å²) < 4.78 is 12.1. The first kappa shape index (κ1) is 14.4. The van der Waals surface area contributed by atoms with Gasteiger partial charge in [-0.15, -0.1) is 0 Å². The second-order valence-electron chi connectivity index (χ2n) is 4.62. The van der Waals surface area contributed by atoms with Gasteiger partial charge in [-0.25, -0.2) is 0 Å². The van der Waals surface area contributed by atoms with Crippen molar-refractivity contribution in [1.29, 1.82) is 0 Å². The Balaban J connectivity index is 4.73. The fraction of sp³-hybridized carbons (Fsp3) is 1.00. The quantitative estimate of drug-likeness (QED) is 0.516. The van der Waals surface area contributed by atoms with E-state index in [4.69, 9.17) is 8.85 Å². The summed E-state index contributed by atoms with van der Waals surface area (Å²) in [5.41, 5.74) is 0.0923. The Morgan fingerprint density at radius 3 is 1.64 bits per heavy atom. The van der Waals surface area contributed by atoms with E-state index < -0.39 is 19.5 Å². The third kappa shape index (κ3) is 3.49. The van der Waals surface area contributed by atoms with Crippen molar-refractivity contribution in [3.05, 3.63) is 0 Å². The molecule has 0 heterocycles. The first-order valence-corrected chi connectivity index (χ1v) is 9.69. The van der Waals surface area contributed by atoms with Crippen molar-refractivity contribution in [2.75, 3.05) is 0 Å². The van der Waals surface area contributed by atoms with E-state index in [9.17, 15) is 0 Å². The smallest absolute Gasteiger partial charge is 0.162 e. The van der Waals surface area contributed by atoms with Crippen LogP contribution >= 0.6 is 0 Å². The van der Waals surface area contributed by atoms with E-state index in [1.807, 2.05) is 0 Å². The largest absolute Gasteiger partial charge is 0.398 e. The Kier molecular flexibility index (Phi) is 6.20. The predicted octanol–water partition coefficient (Wildman–Crippen LogP) is 1.83. The van der Waals surface area contributed by atoms with Gasteiger partial charge in [-0.2, -0.15) is 0 Å². The second-order valence-corrected chi connectivity index (χ2v) is 6.35. The molecule has 0 aromatic carbocycles. The van der Waals surface area contributed by atoms with Gasteiger partial charge in [0.2, 0.25) is 0 Å². The standard InChI is InChI=1S/C10H26O2Si2/c1-7-8-10(11-13-5,12-14-6)9(2,3)4/h7-8,13-14H2,1-6H3. The molecule has 0 rings (SSSR count). The summed E-state index contributed by atoms with van der Waals surface area (Å²) in [6.07, 6.45) is 2.15. The fourth-order valence-corrected chi connectivity index (χ4v) is 4.21. The highest BCUT2D eigenvalue weighted by Gasteiger charge is 2.41. The van der Waals surface area contributed by atoms with E-state index in [2.05, 4.69) is 40.8 Å². The molecule has 0 spiro atoms. The van der Waals surface area contributed by atoms with E-state index in [1.54, 1.807) is 0 Å². The maximum atomic E-state index is 6.03. The first-order chi connectivity index (χ1) is 6.43. The minimum absolute atomic E-state index is 0.0923. The van der Waals surface area contributed by atoms with Gasteiger partial charge in [-0.1, -0.05) is 47.2 Å². The Hall–Kier alpha value is 0.354. The zero-order valence-electron chi connectivity index (χ0n) is 10.6. The molecule has 0 aromatic rings. The Labute approximate surface area is 93.6 Å². The summed E-state index contributed by atoms with van der Waals surface area (Å²) in [5.74, 6) is -0.288. The molecule has 0 aliphatic carbocycles. The van der Waals surface area contributed by atoms with Crippen molar-refractivity contribution in [3.8, 4) is 0 Å². The Morgan fingerprint density at radius 1 is 1.00 bits per heavy atom. The van der Waals surface area contributed by atoms with Crippen LogP contribution in [0, 0.1) is 5.41 Å². The average molecular weight is 234 g/mol. The van der Waals surface area contributed by atoms with Crippen LogP contribution in [-0.2, 0) is 8.85 Å². The van der Waals surface area contributed by atoms with Crippen molar-refractivity contribution < 1.29 is 8.85 Å². The molecule has 0 saturated heterocycles. The monoisotopic (exact) mass is 234 g/mol. The van der Waals surface area contributed by atoms with E-state index in [1.165, 1.54) is 0 Å².